The molecule has 1 aliphatic rings. The van der Waals surface area contributed by atoms with Crippen molar-refractivity contribution >= 4 is 10.9 Å². The lowest BCUT2D eigenvalue weighted by molar-refractivity contribution is 0.563. The second-order valence-corrected chi connectivity index (χ2v) is 6.62. The molecule has 0 bridgehead atoms. The summed E-state index contributed by atoms with van der Waals surface area (Å²) in [6, 6.07) is 5.39. The monoisotopic (exact) mass is 299 g/mol. The molecule has 22 heavy (non-hydrogen) atoms. The van der Waals surface area contributed by atoms with Crippen molar-refractivity contribution in [1.82, 2.24) is 15.2 Å². The standard InChI is InChI=1S/C19H29N3/c1-5-7-22-14(4)17(8-13(3)21-6-2)18-9-15-11-20-12-16(15)10-19(18)22/h9-10,13,20-21H,5-8,11-12H2,1-4H3. The molecule has 3 heteroatoms. The highest BCUT2D eigenvalue weighted by Crippen LogP contribution is 2.31. The maximum atomic E-state index is 3.56. The van der Waals surface area contributed by atoms with Crippen LogP contribution in [0.15, 0.2) is 12.1 Å². The molecule has 0 radical (unpaired) electrons. The normalized spacial score (nSPS) is 15.5. The van der Waals surface area contributed by atoms with Gasteiger partial charge in [-0.25, -0.2) is 0 Å². The van der Waals surface area contributed by atoms with Gasteiger partial charge in [0.05, 0.1) is 0 Å². The molecule has 1 aliphatic heterocycles. The summed E-state index contributed by atoms with van der Waals surface area (Å²) < 4.78 is 2.53. The number of hydrogen-bond donors (Lipinski definition) is 2. The number of nitrogens with zero attached hydrogens (tertiary/aromatic N) is 1. The van der Waals surface area contributed by atoms with Gasteiger partial charge in [0, 0.05) is 42.3 Å². The average Bonchev–Trinajstić information content (AvgIpc) is 3.04. The van der Waals surface area contributed by atoms with Crippen LogP contribution >= 0.6 is 0 Å². The predicted molar refractivity (Wildman–Crippen MR) is 94.4 cm³/mol. The highest BCUT2D eigenvalue weighted by atomic mass is 15.0. The summed E-state index contributed by atoms with van der Waals surface area (Å²) in [5.74, 6) is 0. The topological polar surface area (TPSA) is 29.0 Å². The lowest BCUT2D eigenvalue weighted by Gasteiger charge is -2.13. The van der Waals surface area contributed by atoms with Crippen molar-refractivity contribution in [3.8, 4) is 0 Å². The van der Waals surface area contributed by atoms with Crippen molar-refractivity contribution < 1.29 is 0 Å². The summed E-state index contributed by atoms with van der Waals surface area (Å²) in [7, 11) is 0. The largest absolute Gasteiger partial charge is 0.345 e. The van der Waals surface area contributed by atoms with Gasteiger partial charge in [0.25, 0.3) is 0 Å². The molecule has 0 fully saturated rings. The molecule has 0 amide bonds. The highest BCUT2D eigenvalue weighted by Gasteiger charge is 2.19. The second kappa shape index (κ2) is 6.43. The first-order valence-electron chi connectivity index (χ1n) is 8.73. The molecule has 2 N–H and O–H groups in total. The van der Waals surface area contributed by atoms with Crippen LogP contribution in [0.3, 0.4) is 0 Å². The fourth-order valence-electron chi connectivity index (χ4n) is 3.84. The predicted octanol–water partition coefficient (Wildman–Crippen LogP) is 3.50. The van der Waals surface area contributed by atoms with E-state index >= 15 is 0 Å². The first kappa shape index (κ1) is 15.6. The van der Waals surface area contributed by atoms with Gasteiger partial charge in [-0.3, -0.25) is 0 Å². The van der Waals surface area contributed by atoms with Gasteiger partial charge < -0.3 is 15.2 Å². The van der Waals surface area contributed by atoms with Gasteiger partial charge in [0.2, 0.25) is 0 Å². The van der Waals surface area contributed by atoms with E-state index in [1.54, 1.807) is 0 Å². The molecule has 1 atom stereocenters. The van der Waals surface area contributed by atoms with Gasteiger partial charge in [-0.2, -0.15) is 0 Å². The first-order chi connectivity index (χ1) is 10.7. The summed E-state index contributed by atoms with van der Waals surface area (Å²) in [4.78, 5) is 0. The molecule has 1 aromatic heterocycles. The van der Waals surface area contributed by atoms with E-state index in [9.17, 15) is 0 Å². The zero-order valence-electron chi connectivity index (χ0n) is 14.4. The fourth-order valence-corrected chi connectivity index (χ4v) is 3.84. The molecular formula is C19H29N3. The average molecular weight is 299 g/mol. The van der Waals surface area contributed by atoms with E-state index in [1.165, 1.54) is 39.7 Å². The summed E-state index contributed by atoms with van der Waals surface area (Å²) >= 11 is 0. The van der Waals surface area contributed by atoms with E-state index in [2.05, 4.69) is 55.0 Å². The van der Waals surface area contributed by atoms with E-state index in [0.29, 0.717) is 6.04 Å². The van der Waals surface area contributed by atoms with Crippen LogP contribution < -0.4 is 10.6 Å². The van der Waals surface area contributed by atoms with E-state index in [0.717, 1.165) is 32.6 Å². The van der Waals surface area contributed by atoms with Crippen molar-refractivity contribution in [2.75, 3.05) is 6.54 Å². The number of nitrogens with one attached hydrogen (secondary N) is 2. The number of aryl methyl sites for hydroxylation is 1. The molecule has 1 unspecified atom stereocenters. The van der Waals surface area contributed by atoms with Gasteiger partial charge in [-0.05, 0) is 62.1 Å². The van der Waals surface area contributed by atoms with Crippen LogP contribution in [0.1, 0.15) is 49.6 Å². The van der Waals surface area contributed by atoms with E-state index in [1.807, 2.05) is 0 Å². The number of hydrogen-bond acceptors (Lipinski definition) is 2. The molecule has 120 valence electrons. The molecule has 0 saturated carbocycles. The molecule has 3 nitrogen and oxygen atoms in total. The van der Waals surface area contributed by atoms with Crippen LogP contribution in [0.2, 0.25) is 0 Å². The van der Waals surface area contributed by atoms with Gasteiger partial charge in [-0.15, -0.1) is 0 Å². The summed E-state index contributed by atoms with van der Waals surface area (Å²) in [6.07, 6.45) is 2.29. The Hall–Kier alpha value is -1.32. The Balaban J connectivity index is 2.11. The maximum Gasteiger partial charge on any atom is 0.0488 e. The lowest BCUT2D eigenvalue weighted by Crippen LogP contribution is -2.27. The number of benzene rings is 1. The molecule has 1 aromatic carbocycles. The zero-order valence-corrected chi connectivity index (χ0v) is 14.4. The van der Waals surface area contributed by atoms with E-state index in [4.69, 9.17) is 0 Å². The molecule has 0 spiro atoms. The molecule has 3 rings (SSSR count). The minimum atomic E-state index is 0.524. The fraction of sp³-hybridized carbons (Fsp3) is 0.579. The maximum absolute atomic E-state index is 3.56. The van der Waals surface area contributed by atoms with Gasteiger partial charge in [-0.1, -0.05) is 13.8 Å². The molecular weight excluding hydrogens is 270 g/mol. The Kier molecular flexibility index (Phi) is 4.55. The van der Waals surface area contributed by atoms with E-state index < -0.39 is 0 Å². The van der Waals surface area contributed by atoms with Gasteiger partial charge in [0.15, 0.2) is 0 Å². The van der Waals surface area contributed by atoms with Gasteiger partial charge in [0.1, 0.15) is 0 Å². The second-order valence-electron chi connectivity index (χ2n) is 6.62. The van der Waals surface area contributed by atoms with Crippen molar-refractivity contribution in [2.45, 2.75) is 66.2 Å². The highest BCUT2D eigenvalue weighted by molar-refractivity contribution is 5.87. The van der Waals surface area contributed by atoms with Crippen LogP contribution in [0.4, 0.5) is 0 Å². The molecule has 2 aromatic rings. The number of aromatic nitrogens is 1. The Morgan fingerprint density at radius 2 is 1.95 bits per heavy atom. The minimum Gasteiger partial charge on any atom is -0.345 e. The van der Waals surface area contributed by atoms with Crippen LogP contribution in [0.5, 0.6) is 0 Å². The number of likely N-dealkylation sites (N-methyl/N-ethyl adjacent to an activating group) is 1. The summed E-state index contributed by atoms with van der Waals surface area (Å²) in [5.41, 5.74) is 7.39. The Morgan fingerprint density at radius 1 is 1.23 bits per heavy atom. The van der Waals surface area contributed by atoms with Crippen molar-refractivity contribution in [3.63, 3.8) is 0 Å². The van der Waals surface area contributed by atoms with Gasteiger partial charge >= 0.3 is 0 Å². The minimum absolute atomic E-state index is 0.524. The van der Waals surface area contributed by atoms with E-state index in [-0.39, 0.29) is 0 Å². The van der Waals surface area contributed by atoms with Crippen molar-refractivity contribution in [1.29, 1.82) is 0 Å². The van der Waals surface area contributed by atoms with Crippen LogP contribution in [0, 0.1) is 6.92 Å². The molecule has 2 heterocycles. The SMILES string of the molecule is CCCn1c(C)c(CC(C)NCC)c2cc3c(cc21)CNC3. The lowest BCUT2D eigenvalue weighted by atomic mass is 10.0. The van der Waals surface area contributed by atoms with Crippen molar-refractivity contribution in [3.05, 3.63) is 34.5 Å². The quantitative estimate of drug-likeness (QED) is 0.855. The van der Waals surface area contributed by atoms with Crippen LogP contribution in [-0.2, 0) is 26.1 Å². The third-order valence-corrected chi connectivity index (χ3v) is 4.92. The first-order valence-corrected chi connectivity index (χ1v) is 8.73. The number of fused-ring (bicyclic) bond motifs is 2. The Morgan fingerprint density at radius 3 is 2.64 bits per heavy atom. The van der Waals surface area contributed by atoms with Crippen molar-refractivity contribution in [2.24, 2.45) is 0 Å². The Bertz CT molecular complexity index is 669. The smallest absolute Gasteiger partial charge is 0.0488 e. The molecule has 0 saturated heterocycles. The third kappa shape index (κ3) is 2.68. The third-order valence-electron chi connectivity index (χ3n) is 4.92. The number of rotatable bonds is 6. The Labute approximate surface area is 134 Å². The van der Waals surface area contributed by atoms with Crippen LogP contribution in [-0.4, -0.2) is 17.2 Å². The summed E-state index contributed by atoms with van der Waals surface area (Å²) in [5, 5.41) is 8.51. The zero-order chi connectivity index (χ0) is 15.7. The summed E-state index contributed by atoms with van der Waals surface area (Å²) in [6.45, 7) is 13.2. The molecule has 0 aliphatic carbocycles. The van der Waals surface area contributed by atoms with Crippen LogP contribution in [0.25, 0.3) is 10.9 Å².